The Labute approximate surface area is 277 Å². The molecule has 0 aliphatic carbocycles. The number of benzene rings is 2. The van der Waals surface area contributed by atoms with Gasteiger partial charge in [-0.25, -0.2) is 18.4 Å². The van der Waals surface area contributed by atoms with Gasteiger partial charge in [0, 0.05) is 0 Å². The first kappa shape index (κ1) is 36.0. The summed E-state index contributed by atoms with van der Waals surface area (Å²) in [6, 6.07) is 17.7. The Morgan fingerprint density at radius 2 is 1.16 bits per heavy atom. The maximum atomic E-state index is 12.9. The molecular weight excluding hydrogens is 699 g/mol. The van der Waals surface area contributed by atoms with Crippen LogP contribution < -0.4 is 0 Å². The van der Waals surface area contributed by atoms with Crippen molar-refractivity contribution in [1.29, 1.82) is 0 Å². The molecule has 2 unspecified atom stereocenters. The van der Waals surface area contributed by atoms with E-state index in [9.17, 15) is 18.4 Å². The fraction of sp³-hybridized carbons (Fsp3) is 0.481. The number of carbonyl (C=O) groups is 2. The molecule has 2 aliphatic heterocycles. The number of carbonyl (C=O) groups excluding carboxylic acids is 2. The molecule has 16 heteroatoms. The second kappa shape index (κ2) is 16.7. The molecule has 2 saturated heterocycles. The summed E-state index contributed by atoms with van der Waals surface area (Å²) in [4.78, 5) is 27.1. The highest BCUT2D eigenvalue weighted by Crippen LogP contribution is 2.33. The highest BCUT2D eigenvalue weighted by Gasteiger charge is 2.38. The molecule has 4 rings (SSSR count). The molecule has 2 aromatic carbocycles. The van der Waals surface area contributed by atoms with E-state index in [0.29, 0.717) is 0 Å². The number of hydrogen-bond donors (Lipinski definition) is 0. The van der Waals surface area contributed by atoms with Gasteiger partial charge in [0.25, 0.3) is 0 Å². The van der Waals surface area contributed by atoms with Crippen LogP contribution in [0.1, 0.15) is 23.2 Å². The van der Waals surface area contributed by atoms with Crippen LogP contribution in [0.4, 0.5) is 18.4 Å². The lowest BCUT2D eigenvalue weighted by Gasteiger charge is -2.38. The summed E-state index contributed by atoms with van der Waals surface area (Å²) in [5, 5.41) is 0. The summed E-state index contributed by atoms with van der Waals surface area (Å²) in [5.74, 6) is 0. The molecule has 0 spiro atoms. The summed E-state index contributed by atoms with van der Waals surface area (Å²) < 4.78 is 42.3. The average Bonchev–Trinajstić information content (AvgIpc) is 2.99. The second-order valence-corrected chi connectivity index (χ2v) is 14.1. The van der Waals surface area contributed by atoms with Gasteiger partial charge in [-0.1, -0.05) is 95.5 Å². The summed E-state index contributed by atoms with van der Waals surface area (Å²) in [6.07, 6.45) is -2.89. The van der Waals surface area contributed by atoms with E-state index in [4.69, 9.17) is 88.6 Å². The molecule has 0 radical (unpaired) electrons. The van der Waals surface area contributed by atoms with Gasteiger partial charge in [-0.05, 0) is 45.9 Å². The van der Waals surface area contributed by atoms with E-state index in [2.05, 4.69) is 0 Å². The molecule has 2 fully saturated rings. The van der Waals surface area contributed by atoms with Gasteiger partial charge < -0.3 is 18.9 Å². The van der Waals surface area contributed by atoms with E-state index in [0.717, 1.165) is 11.1 Å². The summed E-state index contributed by atoms with van der Waals surface area (Å²) in [5.41, 5.74) is 1.70. The van der Waals surface area contributed by atoms with Crippen LogP contribution in [0.15, 0.2) is 60.7 Å². The Balaban J connectivity index is 0.000000236. The standard InChI is InChI=1S/C14H15Cl3FNO3.C13H13Cl3FNO3/c15-14(16,17)9-22-13(20)19-7-11(6-18)21-8-12(19)10-4-2-1-3-5-10;14-13(15,16)21-12(19)18-7-10(6-17)20-8-11(18)9-4-2-1-3-5-9/h1-5,11-12H,6-9H2;1-5,10-11H,6-8H2/t11-,12+;/m1./s1. The normalized spacial score (nSPS) is 22.7. The van der Waals surface area contributed by atoms with Crippen LogP contribution >= 0.6 is 69.6 Å². The SMILES string of the molecule is O=C(OC(Cl)(Cl)Cl)N1CC(CF)OCC1c1ccccc1.O=C(OCC(Cl)(Cl)Cl)N1C[C@@H](CF)OC[C@H]1c1ccccc1. The number of ether oxygens (including phenoxy) is 4. The quantitative estimate of drug-likeness (QED) is 0.293. The monoisotopic (exact) mass is 724 g/mol. The molecule has 0 saturated carbocycles. The fourth-order valence-electron chi connectivity index (χ4n) is 4.31. The van der Waals surface area contributed by atoms with Crippen molar-refractivity contribution in [2.45, 2.75) is 32.1 Å². The van der Waals surface area contributed by atoms with Crippen molar-refractivity contribution >= 4 is 81.8 Å². The maximum absolute atomic E-state index is 12.9. The topological polar surface area (TPSA) is 77.5 Å². The molecule has 0 N–H and O–H groups in total. The van der Waals surface area contributed by atoms with Crippen molar-refractivity contribution in [2.24, 2.45) is 0 Å². The van der Waals surface area contributed by atoms with Crippen molar-refractivity contribution in [1.82, 2.24) is 9.80 Å². The molecule has 8 nitrogen and oxygen atoms in total. The van der Waals surface area contributed by atoms with Crippen molar-refractivity contribution in [3.8, 4) is 0 Å². The Morgan fingerprint density at radius 3 is 1.53 bits per heavy atom. The van der Waals surface area contributed by atoms with Crippen LogP contribution in [0.2, 0.25) is 0 Å². The zero-order valence-electron chi connectivity index (χ0n) is 22.4. The lowest BCUT2D eigenvalue weighted by molar-refractivity contribution is -0.0674. The Kier molecular flexibility index (Phi) is 14.0. The first-order chi connectivity index (χ1) is 20.3. The van der Waals surface area contributed by atoms with E-state index < -0.39 is 51.6 Å². The van der Waals surface area contributed by atoms with E-state index in [1.54, 1.807) is 0 Å². The van der Waals surface area contributed by atoms with Crippen molar-refractivity contribution < 1.29 is 37.3 Å². The predicted molar refractivity (Wildman–Crippen MR) is 162 cm³/mol. The third-order valence-electron chi connectivity index (χ3n) is 6.28. The first-order valence-electron chi connectivity index (χ1n) is 12.8. The maximum Gasteiger partial charge on any atom is 0.414 e. The largest absolute Gasteiger partial charge is 0.445 e. The second-order valence-electron chi connectivity index (χ2n) is 9.36. The number of amides is 2. The number of alkyl halides is 8. The minimum atomic E-state index is -2.16. The Hall–Kier alpha value is -1.50. The smallest absolute Gasteiger partial charge is 0.414 e. The highest BCUT2D eigenvalue weighted by atomic mass is 35.6. The molecular formula is C27H28Cl6F2N2O6. The Morgan fingerprint density at radius 1 is 0.744 bits per heavy atom. The van der Waals surface area contributed by atoms with Gasteiger partial charge in [-0.3, -0.25) is 9.80 Å². The van der Waals surface area contributed by atoms with Gasteiger partial charge in [0.15, 0.2) is 0 Å². The van der Waals surface area contributed by atoms with E-state index in [1.165, 1.54) is 9.80 Å². The molecule has 43 heavy (non-hydrogen) atoms. The van der Waals surface area contributed by atoms with Gasteiger partial charge in [0.1, 0.15) is 32.2 Å². The molecule has 0 aromatic heterocycles. The molecule has 2 heterocycles. The molecule has 4 atom stereocenters. The third-order valence-corrected chi connectivity index (χ3v) is 6.84. The van der Waals surface area contributed by atoms with Gasteiger partial charge >= 0.3 is 16.2 Å². The zero-order chi connectivity index (χ0) is 31.6. The van der Waals surface area contributed by atoms with E-state index in [-0.39, 0.29) is 39.0 Å². The Bertz CT molecular complexity index is 1160. The lowest BCUT2D eigenvalue weighted by Crippen LogP contribution is -2.49. The van der Waals surface area contributed by atoms with Crippen LogP contribution in [0.5, 0.6) is 0 Å². The number of morpholine rings is 2. The molecule has 2 amide bonds. The third kappa shape index (κ3) is 11.7. The van der Waals surface area contributed by atoms with Gasteiger partial charge in [-0.2, -0.15) is 0 Å². The molecule has 2 aliphatic rings. The summed E-state index contributed by atoms with van der Waals surface area (Å²) >= 11 is 33.1. The van der Waals surface area contributed by atoms with E-state index >= 15 is 0 Å². The van der Waals surface area contributed by atoms with Gasteiger partial charge in [0.2, 0.25) is 3.79 Å². The summed E-state index contributed by atoms with van der Waals surface area (Å²) in [7, 11) is 0. The van der Waals surface area contributed by atoms with Crippen molar-refractivity contribution in [3.63, 3.8) is 0 Å². The van der Waals surface area contributed by atoms with E-state index in [1.807, 2.05) is 60.7 Å². The molecule has 0 bridgehead atoms. The van der Waals surface area contributed by atoms with Crippen LogP contribution in [-0.2, 0) is 18.9 Å². The van der Waals surface area contributed by atoms with Gasteiger partial charge in [0.05, 0.1) is 38.4 Å². The number of rotatable bonds is 5. The predicted octanol–water partition coefficient (Wildman–Crippen LogP) is 7.77. The highest BCUT2D eigenvalue weighted by molar-refractivity contribution is 6.67. The minimum absolute atomic E-state index is 0.0235. The van der Waals surface area contributed by atoms with Crippen molar-refractivity contribution in [3.05, 3.63) is 71.8 Å². The van der Waals surface area contributed by atoms with Crippen LogP contribution in [-0.4, -0.2) is 88.2 Å². The van der Waals surface area contributed by atoms with Crippen LogP contribution in [0, 0.1) is 0 Å². The minimum Gasteiger partial charge on any atom is -0.445 e. The molecule has 2 aromatic rings. The van der Waals surface area contributed by atoms with Gasteiger partial charge in [-0.15, -0.1) is 0 Å². The van der Waals surface area contributed by atoms with Crippen molar-refractivity contribution in [2.75, 3.05) is 46.3 Å². The van der Waals surface area contributed by atoms with Crippen LogP contribution in [0.25, 0.3) is 0 Å². The average molecular weight is 727 g/mol. The number of nitrogens with zero attached hydrogens (tertiary/aromatic N) is 2. The fourth-order valence-corrected chi connectivity index (χ4v) is 4.67. The lowest BCUT2D eigenvalue weighted by atomic mass is 10.0. The zero-order valence-corrected chi connectivity index (χ0v) is 26.9. The summed E-state index contributed by atoms with van der Waals surface area (Å²) in [6.45, 7) is -1.34. The number of hydrogen-bond acceptors (Lipinski definition) is 6. The van der Waals surface area contributed by atoms with Crippen LogP contribution in [0.3, 0.4) is 0 Å². The molecule has 238 valence electrons. The number of halogens is 8. The first-order valence-corrected chi connectivity index (χ1v) is 15.1.